The van der Waals surface area contributed by atoms with Crippen molar-refractivity contribution < 1.29 is 9.90 Å². The predicted octanol–water partition coefficient (Wildman–Crippen LogP) is -0.816. The number of amides is 1. The zero-order valence-corrected chi connectivity index (χ0v) is 12.9. The number of hydrogen-bond donors (Lipinski definition) is 5. The third kappa shape index (κ3) is 3.44. The number of aliphatic hydroxyl groups is 1. The van der Waals surface area contributed by atoms with E-state index in [1.165, 1.54) is 6.20 Å². The Labute approximate surface area is 136 Å². The first-order valence-corrected chi connectivity index (χ1v) is 7.61. The topological polar surface area (TPSA) is 127 Å². The lowest BCUT2D eigenvalue weighted by Gasteiger charge is -2.21. The number of aromatic nitrogens is 2. The quantitative estimate of drug-likeness (QED) is 0.501. The van der Waals surface area contributed by atoms with E-state index in [4.69, 9.17) is 0 Å². The van der Waals surface area contributed by atoms with Crippen molar-refractivity contribution in [3.8, 4) is 11.1 Å². The number of hydrogen-bond acceptors (Lipinski definition) is 5. The Morgan fingerprint density at radius 3 is 2.88 bits per heavy atom. The van der Waals surface area contributed by atoms with Gasteiger partial charge in [0.2, 0.25) is 0 Å². The molecule has 1 aromatic heterocycles. The summed E-state index contributed by atoms with van der Waals surface area (Å²) in [6, 6.07) is 6.51. The summed E-state index contributed by atoms with van der Waals surface area (Å²) in [6.07, 6.45) is 1.89. The van der Waals surface area contributed by atoms with E-state index in [1.54, 1.807) is 24.3 Å². The van der Waals surface area contributed by atoms with E-state index in [0.717, 1.165) is 6.54 Å². The van der Waals surface area contributed by atoms with Crippen LogP contribution in [-0.2, 0) is 0 Å². The Balaban J connectivity index is 1.78. The molecule has 1 fully saturated rings. The van der Waals surface area contributed by atoms with Crippen LogP contribution >= 0.6 is 0 Å². The Morgan fingerprint density at radius 1 is 1.33 bits per heavy atom. The molecule has 3 rings (SSSR count). The Morgan fingerprint density at radius 2 is 2.17 bits per heavy atom. The Hall–Kier alpha value is -2.71. The van der Waals surface area contributed by atoms with Crippen LogP contribution < -0.4 is 21.9 Å². The lowest BCUT2D eigenvalue weighted by molar-refractivity contribution is 0.0562. The van der Waals surface area contributed by atoms with Crippen molar-refractivity contribution in [2.75, 3.05) is 19.6 Å². The van der Waals surface area contributed by atoms with Crippen LogP contribution in [0.15, 0.2) is 40.1 Å². The number of H-pyrrole nitrogens is 2. The first kappa shape index (κ1) is 16.2. The van der Waals surface area contributed by atoms with Crippen LogP contribution in [0.2, 0.25) is 0 Å². The molecule has 0 unspecified atom stereocenters. The molecule has 0 radical (unpaired) electrons. The van der Waals surface area contributed by atoms with E-state index in [-0.39, 0.29) is 18.0 Å². The molecule has 1 aliphatic heterocycles. The van der Waals surface area contributed by atoms with Crippen LogP contribution in [-0.4, -0.2) is 46.2 Å². The highest BCUT2D eigenvalue weighted by Crippen LogP contribution is 2.16. The second-order valence-electron chi connectivity index (χ2n) is 5.90. The van der Waals surface area contributed by atoms with E-state index in [0.29, 0.717) is 24.1 Å². The maximum Gasteiger partial charge on any atom is 0.325 e. The third-order valence-electron chi connectivity index (χ3n) is 4.05. The summed E-state index contributed by atoms with van der Waals surface area (Å²) in [4.78, 5) is 39.8. The lowest BCUT2D eigenvalue weighted by Crippen LogP contribution is -2.44. The minimum atomic E-state index is -0.927. The van der Waals surface area contributed by atoms with Crippen molar-refractivity contribution in [2.24, 2.45) is 0 Å². The summed E-state index contributed by atoms with van der Waals surface area (Å²) in [7, 11) is 0. The summed E-state index contributed by atoms with van der Waals surface area (Å²) in [5, 5.41) is 16.0. The fourth-order valence-electron chi connectivity index (χ4n) is 2.68. The van der Waals surface area contributed by atoms with Crippen LogP contribution in [0, 0.1) is 0 Å². The van der Waals surface area contributed by atoms with Gasteiger partial charge in [-0.25, -0.2) is 4.79 Å². The zero-order valence-electron chi connectivity index (χ0n) is 12.9. The van der Waals surface area contributed by atoms with Gasteiger partial charge in [0.25, 0.3) is 11.5 Å². The van der Waals surface area contributed by atoms with Crippen LogP contribution in [0.1, 0.15) is 16.8 Å². The third-order valence-corrected chi connectivity index (χ3v) is 4.05. The summed E-state index contributed by atoms with van der Waals surface area (Å²) in [6.45, 7) is 1.32. The molecule has 0 bridgehead atoms. The van der Waals surface area contributed by atoms with E-state index in [1.807, 2.05) is 0 Å². The van der Waals surface area contributed by atoms with E-state index < -0.39 is 16.9 Å². The molecule has 1 saturated heterocycles. The van der Waals surface area contributed by atoms with E-state index in [9.17, 15) is 19.5 Å². The standard InChI is InChI=1S/C16H18N4O4/c21-13(19-9-16(24)4-5-17-8-16)11-3-1-2-10(6-11)12-7-18-15(23)20-14(12)22/h1-3,6-7,17,24H,4-5,8-9H2,(H,19,21)(H2,18,20,22,23)/t16-/m0/s1. The molecule has 0 aliphatic carbocycles. The van der Waals surface area contributed by atoms with Crippen molar-refractivity contribution in [3.05, 3.63) is 56.9 Å². The van der Waals surface area contributed by atoms with Gasteiger partial charge in [0.1, 0.15) is 0 Å². The Kier molecular flexibility index (Phi) is 4.32. The maximum atomic E-state index is 12.3. The van der Waals surface area contributed by atoms with Gasteiger partial charge in [0, 0.05) is 24.8 Å². The fourth-order valence-corrected chi connectivity index (χ4v) is 2.68. The largest absolute Gasteiger partial charge is 0.387 e. The SMILES string of the molecule is O=C(NC[C@]1(O)CCNC1)c1cccc(-c2c[nH]c(=O)[nH]c2=O)c1. The van der Waals surface area contributed by atoms with Gasteiger partial charge >= 0.3 is 5.69 Å². The second kappa shape index (κ2) is 6.42. The van der Waals surface area contributed by atoms with Gasteiger partial charge in [-0.3, -0.25) is 14.6 Å². The van der Waals surface area contributed by atoms with Gasteiger partial charge in [-0.15, -0.1) is 0 Å². The first-order valence-electron chi connectivity index (χ1n) is 7.61. The number of aromatic amines is 2. The van der Waals surface area contributed by atoms with Crippen LogP contribution in [0.5, 0.6) is 0 Å². The van der Waals surface area contributed by atoms with Crippen molar-refractivity contribution in [1.29, 1.82) is 0 Å². The minimum absolute atomic E-state index is 0.155. The number of rotatable bonds is 4. The monoisotopic (exact) mass is 330 g/mol. The molecule has 8 heteroatoms. The van der Waals surface area contributed by atoms with Gasteiger partial charge in [-0.05, 0) is 30.7 Å². The number of β-amino-alcohol motifs (C(OH)–C–C–N with tert-alkyl or cyclic N) is 1. The molecule has 0 spiro atoms. The molecule has 1 amide bonds. The molecule has 0 saturated carbocycles. The normalized spacial score (nSPS) is 20.0. The van der Waals surface area contributed by atoms with Crippen LogP contribution in [0.3, 0.4) is 0 Å². The second-order valence-corrected chi connectivity index (χ2v) is 5.90. The summed E-state index contributed by atoms with van der Waals surface area (Å²) in [5.41, 5.74) is -0.890. The van der Waals surface area contributed by atoms with Crippen molar-refractivity contribution in [1.82, 2.24) is 20.6 Å². The highest BCUT2D eigenvalue weighted by atomic mass is 16.3. The van der Waals surface area contributed by atoms with Gasteiger partial charge in [-0.1, -0.05) is 12.1 Å². The number of nitrogens with one attached hydrogen (secondary N) is 4. The number of benzene rings is 1. The predicted molar refractivity (Wildman–Crippen MR) is 87.9 cm³/mol. The fraction of sp³-hybridized carbons (Fsp3) is 0.312. The minimum Gasteiger partial charge on any atom is -0.387 e. The average Bonchev–Trinajstić information content (AvgIpc) is 3.00. The van der Waals surface area contributed by atoms with Crippen molar-refractivity contribution in [3.63, 3.8) is 0 Å². The number of carbonyl (C=O) groups is 1. The highest BCUT2D eigenvalue weighted by Gasteiger charge is 2.31. The molecule has 1 atom stereocenters. The van der Waals surface area contributed by atoms with Crippen molar-refractivity contribution in [2.45, 2.75) is 12.0 Å². The van der Waals surface area contributed by atoms with Gasteiger partial charge in [0.05, 0.1) is 11.2 Å². The maximum absolute atomic E-state index is 12.3. The first-order chi connectivity index (χ1) is 11.5. The Bertz CT molecular complexity index is 865. The summed E-state index contributed by atoms with van der Waals surface area (Å²) < 4.78 is 0. The molecule has 1 aromatic carbocycles. The van der Waals surface area contributed by atoms with Gasteiger partial charge in [0.15, 0.2) is 0 Å². The molecule has 2 aromatic rings. The molecule has 5 N–H and O–H groups in total. The number of carbonyl (C=O) groups excluding carboxylic acids is 1. The average molecular weight is 330 g/mol. The van der Waals surface area contributed by atoms with Gasteiger partial charge < -0.3 is 20.7 Å². The molecular weight excluding hydrogens is 312 g/mol. The molecule has 8 nitrogen and oxygen atoms in total. The molecule has 1 aliphatic rings. The summed E-state index contributed by atoms with van der Waals surface area (Å²) in [5.74, 6) is -0.335. The van der Waals surface area contributed by atoms with Crippen LogP contribution in [0.4, 0.5) is 0 Å². The van der Waals surface area contributed by atoms with Crippen LogP contribution in [0.25, 0.3) is 11.1 Å². The zero-order chi connectivity index (χ0) is 17.2. The lowest BCUT2D eigenvalue weighted by atomic mass is 10.0. The molecule has 2 heterocycles. The molecule has 126 valence electrons. The highest BCUT2D eigenvalue weighted by molar-refractivity contribution is 5.95. The summed E-state index contributed by atoms with van der Waals surface area (Å²) >= 11 is 0. The molecule has 24 heavy (non-hydrogen) atoms. The van der Waals surface area contributed by atoms with E-state index in [2.05, 4.69) is 20.6 Å². The van der Waals surface area contributed by atoms with Crippen molar-refractivity contribution >= 4 is 5.91 Å². The molecular formula is C16H18N4O4. The van der Waals surface area contributed by atoms with Gasteiger partial charge in [-0.2, -0.15) is 0 Å². The van der Waals surface area contributed by atoms with E-state index >= 15 is 0 Å². The smallest absolute Gasteiger partial charge is 0.325 e.